The third-order valence-electron chi connectivity index (χ3n) is 2.35. The zero-order valence-corrected chi connectivity index (χ0v) is 8.76. The van der Waals surface area contributed by atoms with E-state index in [0.29, 0.717) is 5.38 Å². The lowest BCUT2D eigenvalue weighted by Crippen LogP contribution is -1.97. The van der Waals surface area contributed by atoms with Gasteiger partial charge in [-0.25, -0.2) is 0 Å². The molecule has 2 atom stereocenters. The van der Waals surface area contributed by atoms with Gasteiger partial charge in [0.15, 0.2) is 0 Å². The van der Waals surface area contributed by atoms with Gasteiger partial charge in [0.25, 0.3) is 0 Å². The highest BCUT2D eigenvalue weighted by Crippen LogP contribution is 2.32. The average molecular weight is 193 g/mol. The maximum Gasteiger partial charge on any atom is 0.0338 e. The van der Waals surface area contributed by atoms with Crippen LogP contribution in [0.1, 0.15) is 32.6 Å². The number of thioether (sulfide) groups is 1. The molecule has 0 aromatic heterocycles. The molecule has 11 heavy (non-hydrogen) atoms. The first kappa shape index (κ1) is 9.73. The third-order valence-corrected chi connectivity index (χ3v) is 3.68. The van der Waals surface area contributed by atoms with Crippen LogP contribution in [0.4, 0.5) is 0 Å². The van der Waals surface area contributed by atoms with Gasteiger partial charge in [0.05, 0.1) is 0 Å². The van der Waals surface area contributed by atoms with Crippen LogP contribution >= 0.6 is 23.4 Å². The van der Waals surface area contributed by atoms with Gasteiger partial charge in [0.2, 0.25) is 0 Å². The van der Waals surface area contributed by atoms with E-state index in [1.807, 2.05) is 0 Å². The summed E-state index contributed by atoms with van der Waals surface area (Å²) in [5, 5.41) is 0.492. The summed E-state index contributed by atoms with van der Waals surface area (Å²) in [6.45, 7) is 2.23. The zero-order valence-electron chi connectivity index (χ0n) is 7.18. The van der Waals surface area contributed by atoms with E-state index in [1.54, 1.807) is 0 Å². The van der Waals surface area contributed by atoms with Crippen LogP contribution in [0.15, 0.2) is 0 Å². The Balaban J connectivity index is 1.99. The molecular formula is C9H17ClS. The first-order valence-corrected chi connectivity index (χ1v) is 6.14. The summed E-state index contributed by atoms with van der Waals surface area (Å²) < 4.78 is 0. The standard InChI is InChI=1S/C9H17ClS/c1-2-11-6-5-8-3-4-9(10)7-8/h8-9H,2-7H2,1H3. The molecule has 0 nitrogen and oxygen atoms in total. The number of hydrogen-bond acceptors (Lipinski definition) is 1. The second-order valence-electron chi connectivity index (χ2n) is 3.26. The van der Waals surface area contributed by atoms with E-state index in [9.17, 15) is 0 Å². The van der Waals surface area contributed by atoms with Crippen molar-refractivity contribution in [2.75, 3.05) is 11.5 Å². The molecular weight excluding hydrogens is 176 g/mol. The molecule has 2 heteroatoms. The molecule has 1 rings (SSSR count). The lowest BCUT2D eigenvalue weighted by Gasteiger charge is -2.06. The van der Waals surface area contributed by atoms with Crippen LogP contribution in [0.25, 0.3) is 0 Å². The van der Waals surface area contributed by atoms with Crippen molar-refractivity contribution in [1.82, 2.24) is 0 Å². The summed E-state index contributed by atoms with van der Waals surface area (Å²) >= 11 is 8.07. The van der Waals surface area contributed by atoms with Gasteiger partial charge in [-0.05, 0) is 43.1 Å². The minimum Gasteiger partial charge on any atom is -0.162 e. The van der Waals surface area contributed by atoms with E-state index >= 15 is 0 Å². The molecule has 2 unspecified atom stereocenters. The van der Waals surface area contributed by atoms with Gasteiger partial charge in [-0.1, -0.05) is 6.92 Å². The van der Waals surface area contributed by atoms with Gasteiger partial charge in [-0.3, -0.25) is 0 Å². The molecule has 0 radical (unpaired) electrons. The Hall–Kier alpha value is 0.640. The van der Waals surface area contributed by atoms with Crippen molar-refractivity contribution in [3.05, 3.63) is 0 Å². The predicted octanol–water partition coefficient (Wildman–Crippen LogP) is 3.54. The monoisotopic (exact) mass is 192 g/mol. The Kier molecular flexibility index (Phi) is 4.70. The molecule has 0 saturated heterocycles. The molecule has 1 aliphatic carbocycles. The second kappa shape index (κ2) is 5.31. The second-order valence-corrected chi connectivity index (χ2v) is 5.27. The van der Waals surface area contributed by atoms with E-state index in [-0.39, 0.29) is 0 Å². The van der Waals surface area contributed by atoms with Gasteiger partial charge < -0.3 is 0 Å². The number of hydrogen-bond donors (Lipinski definition) is 0. The summed E-state index contributed by atoms with van der Waals surface area (Å²) in [7, 11) is 0. The van der Waals surface area contributed by atoms with Gasteiger partial charge in [-0.15, -0.1) is 11.6 Å². The molecule has 0 spiro atoms. The van der Waals surface area contributed by atoms with Crippen LogP contribution < -0.4 is 0 Å². The van der Waals surface area contributed by atoms with Gasteiger partial charge >= 0.3 is 0 Å². The molecule has 0 aromatic carbocycles. The van der Waals surface area contributed by atoms with Crippen LogP contribution in [0, 0.1) is 5.92 Å². The van der Waals surface area contributed by atoms with E-state index in [0.717, 1.165) is 5.92 Å². The van der Waals surface area contributed by atoms with Gasteiger partial charge in [0.1, 0.15) is 0 Å². The van der Waals surface area contributed by atoms with Gasteiger partial charge in [0, 0.05) is 5.38 Å². The lowest BCUT2D eigenvalue weighted by molar-refractivity contribution is 0.536. The first-order valence-electron chi connectivity index (χ1n) is 4.54. The van der Waals surface area contributed by atoms with E-state index in [1.165, 1.54) is 37.2 Å². The van der Waals surface area contributed by atoms with Crippen LogP contribution in [-0.4, -0.2) is 16.9 Å². The molecule has 1 aliphatic rings. The number of halogens is 1. The van der Waals surface area contributed by atoms with E-state index in [4.69, 9.17) is 11.6 Å². The Labute approximate surface area is 79.1 Å². The fraction of sp³-hybridized carbons (Fsp3) is 1.00. The Morgan fingerprint density at radius 1 is 1.45 bits per heavy atom. The van der Waals surface area contributed by atoms with Crippen molar-refractivity contribution < 1.29 is 0 Å². The van der Waals surface area contributed by atoms with E-state index in [2.05, 4.69) is 18.7 Å². The molecule has 1 saturated carbocycles. The zero-order chi connectivity index (χ0) is 8.10. The summed E-state index contributed by atoms with van der Waals surface area (Å²) in [6.07, 6.45) is 5.29. The highest BCUT2D eigenvalue weighted by molar-refractivity contribution is 7.99. The predicted molar refractivity (Wildman–Crippen MR) is 54.6 cm³/mol. The fourth-order valence-electron chi connectivity index (χ4n) is 1.67. The fourth-order valence-corrected chi connectivity index (χ4v) is 2.84. The van der Waals surface area contributed by atoms with Crippen LogP contribution in [-0.2, 0) is 0 Å². The quantitative estimate of drug-likeness (QED) is 0.485. The smallest absolute Gasteiger partial charge is 0.0338 e. The van der Waals surface area contributed by atoms with E-state index < -0.39 is 0 Å². The minimum absolute atomic E-state index is 0.492. The first-order chi connectivity index (χ1) is 5.33. The average Bonchev–Trinajstić information content (AvgIpc) is 2.37. The molecule has 0 amide bonds. The topological polar surface area (TPSA) is 0 Å². The molecule has 0 aromatic rings. The largest absolute Gasteiger partial charge is 0.162 e. The Bertz CT molecular complexity index is 106. The minimum atomic E-state index is 0.492. The van der Waals surface area contributed by atoms with Gasteiger partial charge in [-0.2, -0.15) is 11.8 Å². The normalized spacial score (nSPS) is 31.1. The molecule has 0 aliphatic heterocycles. The SMILES string of the molecule is CCSCCC1CCC(Cl)C1. The number of rotatable bonds is 4. The molecule has 1 fully saturated rings. The summed E-state index contributed by atoms with van der Waals surface area (Å²) in [6, 6.07) is 0. The third kappa shape index (κ3) is 3.71. The summed E-state index contributed by atoms with van der Waals surface area (Å²) in [5.41, 5.74) is 0. The highest BCUT2D eigenvalue weighted by Gasteiger charge is 2.21. The highest BCUT2D eigenvalue weighted by atomic mass is 35.5. The molecule has 0 bridgehead atoms. The van der Waals surface area contributed by atoms with Crippen molar-refractivity contribution in [3.63, 3.8) is 0 Å². The Morgan fingerprint density at radius 2 is 2.27 bits per heavy atom. The van der Waals surface area contributed by atoms with Crippen LogP contribution in [0.2, 0.25) is 0 Å². The number of alkyl halides is 1. The van der Waals surface area contributed by atoms with Crippen molar-refractivity contribution >= 4 is 23.4 Å². The summed E-state index contributed by atoms with van der Waals surface area (Å²) in [5.74, 6) is 3.54. The van der Waals surface area contributed by atoms with Crippen LogP contribution in [0.5, 0.6) is 0 Å². The Morgan fingerprint density at radius 3 is 2.82 bits per heavy atom. The summed E-state index contributed by atoms with van der Waals surface area (Å²) in [4.78, 5) is 0. The maximum atomic E-state index is 6.01. The van der Waals surface area contributed by atoms with Crippen LogP contribution in [0.3, 0.4) is 0 Å². The van der Waals surface area contributed by atoms with Crippen molar-refractivity contribution in [3.8, 4) is 0 Å². The van der Waals surface area contributed by atoms with Crippen molar-refractivity contribution in [1.29, 1.82) is 0 Å². The van der Waals surface area contributed by atoms with Crippen molar-refractivity contribution in [2.24, 2.45) is 5.92 Å². The van der Waals surface area contributed by atoms with Crippen molar-refractivity contribution in [2.45, 2.75) is 38.0 Å². The lowest BCUT2D eigenvalue weighted by atomic mass is 10.1. The molecule has 0 N–H and O–H groups in total. The maximum absolute atomic E-state index is 6.01. The molecule has 66 valence electrons. The molecule has 0 heterocycles.